The zero-order valence-electron chi connectivity index (χ0n) is 19.2. The van der Waals surface area contributed by atoms with Crippen LogP contribution < -0.4 is 14.5 Å². The van der Waals surface area contributed by atoms with Crippen molar-refractivity contribution in [3.8, 4) is 5.75 Å². The van der Waals surface area contributed by atoms with Crippen molar-refractivity contribution in [3.63, 3.8) is 0 Å². The number of carbonyl (C=O) groups excluding carboxylic acids is 1. The molecule has 2 saturated heterocycles. The Kier molecular flexibility index (Phi) is 6.28. The SMILES string of the molecule is COc1ccccc1N1CCN(C(=O)CCc2nnc3ccc(N4CCCCC4)nn23)CC1. The third-order valence-electron chi connectivity index (χ3n) is 6.61. The number of piperidine rings is 1. The Morgan fingerprint density at radius 2 is 1.70 bits per heavy atom. The van der Waals surface area contributed by atoms with Crippen LogP contribution in [0.2, 0.25) is 0 Å². The fourth-order valence-electron chi connectivity index (χ4n) is 4.74. The van der Waals surface area contributed by atoms with Crippen LogP contribution in [0.4, 0.5) is 11.5 Å². The van der Waals surface area contributed by atoms with Crippen molar-refractivity contribution in [1.82, 2.24) is 24.7 Å². The lowest BCUT2D eigenvalue weighted by molar-refractivity contribution is -0.131. The van der Waals surface area contributed by atoms with Gasteiger partial charge < -0.3 is 19.4 Å². The minimum Gasteiger partial charge on any atom is -0.495 e. The molecule has 0 saturated carbocycles. The second kappa shape index (κ2) is 9.64. The summed E-state index contributed by atoms with van der Waals surface area (Å²) in [4.78, 5) is 19.4. The van der Waals surface area contributed by atoms with Gasteiger partial charge in [0.25, 0.3) is 0 Å². The van der Waals surface area contributed by atoms with Crippen molar-refractivity contribution in [2.75, 3.05) is 56.2 Å². The van der Waals surface area contributed by atoms with E-state index < -0.39 is 0 Å². The van der Waals surface area contributed by atoms with Crippen LogP contribution in [-0.2, 0) is 11.2 Å². The van der Waals surface area contributed by atoms with Gasteiger partial charge in [-0.1, -0.05) is 12.1 Å². The van der Waals surface area contributed by atoms with E-state index in [-0.39, 0.29) is 5.91 Å². The van der Waals surface area contributed by atoms with Gasteiger partial charge in [0.1, 0.15) is 11.6 Å². The number of rotatable bonds is 6. The highest BCUT2D eigenvalue weighted by Crippen LogP contribution is 2.28. The average molecular weight is 450 g/mol. The number of hydrogen-bond acceptors (Lipinski definition) is 7. The minimum atomic E-state index is 0.151. The molecule has 2 aromatic heterocycles. The molecule has 2 aliphatic heterocycles. The van der Waals surface area contributed by atoms with E-state index in [4.69, 9.17) is 9.84 Å². The molecule has 0 radical (unpaired) electrons. The molecule has 2 aliphatic rings. The second-order valence-electron chi connectivity index (χ2n) is 8.67. The third-order valence-corrected chi connectivity index (χ3v) is 6.61. The molecule has 0 bridgehead atoms. The Morgan fingerprint density at radius 1 is 0.909 bits per heavy atom. The maximum absolute atomic E-state index is 12.9. The summed E-state index contributed by atoms with van der Waals surface area (Å²) in [5, 5.41) is 13.3. The largest absolute Gasteiger partial charge is 0.495 e. The molecule has 9 nitrogen and oxygen atoms in total. The monoisotopic (exact) mass is 449 g/mol. The Labute approximate surface area is 193 Å². The van der Waals surface area contributed by atoms with E-state index in [0.29, 0.717) is 25.9 Å². The van der Waals surface area contributed by atoms with E-state index in [1.807, 2.05) is 35.2 Å². The number of aryl methyl sites for hydroxylation is 1. The van der Waals surface area contributed by atoms with Crippen LogP contribution in [-0.4, -0.2) is 77.0 Å². The standard InChI is InChI=1S/C24H31N7O2/c1-33-20-8-4-3-7-19(20)28-15-17-30(18-16-28)24(32)12-11-22-26-25-21-9-10-23(27-31(21)22)29-13-5-2-6-14-29/h3-4,7-10H,2,5-6,11-18H2,1H3. The van der Waals surface area contributed by atoms with Crippen molar-refractivity contribution < 1.29 is 9.53 Å². The number of hydrogen-bond donors (Lipinski definition) is 0. The lowest BCUT2D eigenvalue weighted by Gasteiger charge is -2.36. The van der Waals surface area contributed by atoms with Gasteiger partial charge in [0.2, 0.25) is 5.91 Å². The number of fused-ring (bicyclic) bond motifs is 1. The number of para-hydroxylation sites is 2. The first kappa shape index (κ1) is 21.5. The quantitative estimate of drug-likeness (QED) is 0.572. The molecule has 1 aromatic carbocycles. The van der Waals surface area contributed by atoms with Gasteiger partial charge in [-0.3, -0.25) is 4.79 Å². The molecular weight excluding hydrogens is 418 g/mol. The van der Waals surface area contributed by atoms with Crippen LogP contribution in [0.3, 0.4) is 0 Å². The van der Waals surface area contributed by atoms with Gasteiger partial charge in [-0.25, -0.2) is 0 Å². The maximum atomic E-state index is 12.9. The van der Waals surface area contributed by atoms with E-state index in [1.165, 1.54) is 19.3 Å². The van der Waals surface area contributed by atoms with Gasteiger partial charge >= 0.3 is 0 Å². The molecule has 4 heterocycles. The molecule has 9 heteroatoms. The van der Waals surface area contributed by atoms with Crippen molar-refractivity contribution in [2.24, 2.45) is 0 Å². The number of piperazine rings is 1. The van der Waals surface area contributed by atoms with E-state index in [0.717, 1.165) is 54.9 Å². The normalized spacial score (nSPS) is 16.9. The lowest BCUT2D eigenvalue weighted by atomic mass is 10.1. The Balaban J connectivity index is 1.19. The van der Waals surface area contributed by atoms with E-state index in [2.05, 4.69) is 26.1 Å². The van der Waals surface area contributed by atoms with Gasteiger partial charge in [-0.2, -0.15) is 4.52 Å². The van der Waals surface area contributed by atoms with Gasteiger partial charge in [0, 0.05) is 52.1 Å². The summed E-state index contributed by atoms with van der Waals surface area (Å²) >= 11 is 0. The lowest BCUT2D eigenvalue weighted by Crippen LogP contribution is -2.49. The zero-order chi connectivity index (χ0) is 22.6. The van der Waals surface area contributed by atoms with Crippen LogP contribution in [0, 0.1) is 0 Å². The molecule has 174 valence electrons. The fourth-order valence-corrected chi connectivity index (χ4v) is 4.74. The number of benzene rings is 1. The molecule has 3 aromatic rings. The summed E-state index contributed by atoms with van der Waals surface area (Å²) in [6, 6.07) is 12.0. The van der Waals surface area contributed by atoms with Gasteiger partial charge in [0.05, 0.1) is 12.8 Å². The molecule has 2 fully saturated rings. The van der Waals surface area contributed by atoms with Gasteiger partial charge in [-0.05, 0) is 43.5 Å². The van der Waals surface area contributed by atoms with Crippen LogP contribution in [0.5, 0.6) is 5.75 Å². The predicted molar refractivity (Wildman–Crippen MR) is 127 cm³/mol. The van der Waals surface area contributed by atoms with E-state index in [9.17, 15) is 4.79 Å². The summed E-state index contributed by atoms with van der Waals surface area (Å²) in [6.45, 7) is 5.07. The Bertz CT molecular complexity index is 1100. The molecular formula is C24H31N7O2. The highest BCUT2D eigenvalue weighted by Gasteiger charge is 2.23. The van der Waals surface area contributed by atoms with Crippen LogP contribution in [0.15, 0.2) is 36.4 Å². The topological polar surface area (TPSA) is 79.1 Å². The summed E-state index contributed by atoms with van der Waals surface area (Å²) < 4.78 is 7.29. The number of ether oxygens (including phenoxy) is 1. The first-order chi connectivity index (χ1) is 16.2. The van der Waals surface area contributed by atoms with Gasteiger partial charge in [-0.15, -0.1) is 15.3 Å². The molecule has 0 aliphatic carbocycles. The van der Waals surface area contributed by atoms with Crippen molar-refractivity contribution in [1.29, 1.82) is 0 Å². The third kappa shape index (κ3) is 4.58. The van der Waals surface area contributed by atoms with Crippen LogP contribution >= 0.6 is 0 Å². The highest BCUT2D eigenvalue weighted by molar-refractivity contribution is 5.77. The summed E-state index contributed by atoms with van der Waals surface area (Å²) in [7, 11) is 1.69. The summed E-state index contributed by atoms with van der Waals surface area (Å²) in [6.07, 6.45) is 4.63. The Hall–Kier alpha value is -3.36. The molecule has 0 unspecified atom stereocenters. The number of nitrogens with zero attached hydrogens (tertiary/aromatic N) is 7. The molecule has 5 rings (SSSR count). The summed E-state index contributed by atoms with van der Waals surface area (Å²) in [5.41, 5.74) is 1.81. The van der Waals surface area contributed by atoms with Crippen molar-refractivity contribution in [3.05, 3.63) is 42.2 Å². The minimum absolute atomic E-state index is 0.151. The van der Waals surface area contributed by atoms with Crippen molar-refractivity contribution in [2.45, 2.75) is 32.1 Å². The first-order valence-corrected chi connectivity index (χ1v) is 11.8. The fraction of sp³-hybridized carbons (Fsp3) is 0.500. The van der Waals surface area contributed by atoms with Crippen molar-refractivity contribution >= 4 is 23.1 Å². The molecule has 0 atom stereocenters. The number of methoxy groups -OCH3 is 1. The first-order valence-electron chi connectivity index (χ1n) is 11.8. The molecule has 0 N–H and O–H groups in total. The molecule has 33 heavy (non-hydrogen) atoms. The maximum Gasteiger partial charge on any atom is 0.223 e. The van der Waals surface area contributed by atoms with Gasteiger partial charge in [0.15, 0.2) is 11.5 Å². The number of anilines is 2. The predicted octanol–water partition coefficient (Wildman–Crippen LogP) is 2.40. The number of amides is 1. The number of carbonyl (C=O) groups is 1. The highest BCUT2D eigenvalue weighted by atomic mass is 16.5. The van der Waals surface area contributed by atoms with Crippen LogP contribution in [0.25, 0.3) is 5.65 Å². The van der Waals surface area contributed by atoms with E-state index in [1.54, 1.807) is 11.6 Å². The molecule has 1 amide bonds. The summed E-state index contributed by atoms with van der Waals surface area (Å²) in [5.74, 6) is 2.72. The van der Waals surface area contributed by atoms with E-state index >= 15 is 0 Å². The average Bonchev–Trinajstić information content (AvgIpc) is 3.30. The Morgan fingerprint density at radius 3 is 2.48 bits per heavy atom. The zero-order valence-corrected chi connectivity index (χ0v) is 19.2. The second-order valence-corrected chi connectivity index (χ2v) is 8.67. The number of aromatic nitrogens is 4. The smallest absolute Gasteiger partial charge is 0.223 e. The molecule has 0 spiro atoms. The van der Waals surface area contributed by atoms with Crippen LogP contribution in [0.1, 0.15) is 31.5 Å².